The van der Waals surface area contributed by atoms with Gasteiger partial charge in [-0.05, 0) is 60.0 Å². The van der Waals surface area contributed by atoms with Crippen LogP contribution in [0.2, 0.25) is 10.0 Å². The Morgan fingerprint density at radius 2 is 1.58 bits per heavy atom. The molecule has 0 fully saturated rings. The summed E-state index contributed by atoms with van der Waals surface area (Å²) in [6.45, 7) is -0.0652. The van der Waals surface area contributed by atoms with Crippen molar-refractivity contribution in [3.8, 4) is 23.0 Å². The molecule has 5 aromatic rings. The number of rotatable bonds is 10. The molecular weight excluding hydrogens is 589 g/mol. The van der Waals surface area contributed by atoms with Gasteiger partial charge in [-0.15, -0.1) is 0 Å². The fourth-order valence-electron chi connectivity index (χ4n) is 4.21. The van der Waals surface area contributed by atoms with Crippen molar-refractivity contribution in [1.29, 1.82) is 0 Å². The summed E-state index contributed by atoms with van der Waals surface area (Å²) in [5.74, 6) is 0.783. The van der Waals surface area contributed by atoms with E-state index in [1.807, 2.05) is 54.6 Å². The zero-order chi connectivity index (χ0) is 30.2. The maximum atomic E-state index is 12.7. The number of benzene rings is 5. The number of aromatic hydroxyl groups is 1. The Morgan fingerprint density at radius 1 is 0.814 bits per heavy atom. The van der Waals surface area contributed by atoms with Crippen LogP contribution in [0.25, 0.3) is 10.8 Å². The summed E-state index contributed by atoms with van der Waals surface area (Å²) < 4.78 is 11.8. The minimum Gasteiger partial charge on any atom is -0.506 e. The molecule has 0 saturated heterocycles. The summed E-state index contributed by atoms with van der Waals surface area (Å²) in [5, 5.41) is 18.6. The van der Waals surface area contributed by atoms with Gasteiger partial charge >= 0.3 is 0 Å². The normalized spacial score (nSPS) is 10.9. The van der Waals surface area contributed by atoms with Gasteiger partial charge in [-0.3, -0.25) is 9.59 Å². The molecule has 43 heavy (non-hydrogen) atoms. The third kappa shape index (κ3) is 7.43. The molecule has 5 aromatic carbocycles. The number of para-hydroxylation sites is 1. The summed E-state index contributed by atoms with van der Waals surface area (Å²) in [6.07, 6.45) is 1.51. The van der Waals surface area contributed by atoms with E-state index < -0.39 is 5.91 Å². The number of nitrogens with one attached hydrogen (secondary N) is 2. The first-order valence-electron chi connectivity index (χ1n) is 13.1. The fraction of sp³-hybridized carbons (Fsp3) is 0.0606. The SMILES string of the molecule is O=C(COc1ccc(/C=N/NC(=O)c2ccc(O)c(Cl)c2)c2ccccc12)NCc1c(Cl)cccc1Oc1ccccc1. The van der Waals surface area contributed by atoms with Crippen molar-refractivity contribution in [3.05, 3.63) is 130 Å². The van der Waals surface area contributed by atoms with E-state index in [-0.39, 0.29) is 35.4 Å². The number of amides is 2. The summed E-state index contributed by atoms with van der Waals surface area (Å²) in [6, 6.07) is 29.8. The third-order valence-electron chi connectivity index (χ3n) is 6.37. The number of halogens is 2. The maximum Gasteiger partial charge on any atom is 0.271 e. The van der Waals surface area contributed by atoms with Crippen LogP contribution in [-0.4, -0.2) is 29.7 Å². The summed E-state index contributed by atoms with van der Waals surface area (Å²) in [4.78, 5) is 25.1. The zero-order valence-electron chi connectivity index (χ0n) is 22.6. The summed E-state index contributed by atoms with van der Waals surface area (Å²) in [5.41, 5.74) is 4.07. The highest BCUT2D eigenvalue weighted by Crippen LogP contribution is 2.31. The minimum absolute atomic E-state index is 0.0672. The Morgan fingerprint density at radius 3 is 2.37 bits per heavy atom. The molecule has 0 aliphatic rings. The number of ether oxygens (including phenoxy) is 2. The Bertz CT molecular complexity index is 1810. The lowest BCUT2D eigenvalue weighted by molar-refractivity contribution is -0.123. The van der Waals surface area contributed by atoms with Gasteiger partial charge in [0.2, 0.25) is 0 Å². The van der Waals surface area contributed by atoms with Crippen molar-refractivity contribution in [2.75, 3.05) is 6.61 Å². The molecule has 0 atom stereocenters. The van der Waals surface area contributed by atoms with Crippen LogP contribution < -0.4 is 20.2 Å². The van der Waals surface area contributed by atoms with E-state index in [4.69, 9.17) is 32.7 Å². The summed E-state index contributed by atoms with van der Waals surface area (Å²) in [7, 11) is 0. The van der Waals surface area contributed by atoms with E-state index in [2.05, 4.69) is 15.8 Å². The van der Waals surface area contributed by atoms with Gasteiger partial charge in [-0.2, -0.15) is 5.10 Å². The second kappa shape index (κ2) is 13.7. The van der Waals surface area contributed by atoms with Gasteiger partial charge in [0, 0.05) is 33.6 Å². The molecule has 0 spiro atoms. The largest absolute Gasteiger partial charge is 0.506 e. The molecule has 8 nitrogen and oxygen atoms in total. The predicted octanol–water partition coefficient (Wildman–Crippen LogP) is 7.10. The van der Waals surface area contributed by atoms with Crippen LogP contribution in [0, 0.1) is 0 Å². The number of fused-ring (bicyclic) bond motifs is 1. The standard InChI is InChI=1S/C33H25Cl2N3O5/c34-27-11-6-12-31(43-23-7-2-1-3-8-23)26(27)19-36-32(40)20-42-30-16-14-22(24-9-4-5-10-25(24)30)18-37-38-33(41)21-13-15-29(39)28(35)17-21/h1-18,39H,19-20H2,(H,36,40)(H,38,41)/b37-18+. The number of hydrogen-bond acceptors (Lipinski definition) is 6. The molecule has 0 unspecified atom stereocenters. The first kappa shape index (κ1) is 29.4. The number of carbonyl (C=O) groups excluding carboxylic acids is 2. The average molecular weight is 614 g/mol. The highest BCUT2D eigenvalue weighted by Gasteiger charge is 2.13. The van der Waals surface area contributed by atoms with E-state index in [9.17, 15) is 14.7 Å². The molecule has 0 aliphatic carbocycles. The third-order valence-corrected chi connectivity index (χ3v) is 7.02. The Kier molecular flexibility index (Phi) is 9.41. The fourth-order valence-corrected chi connectivity index (χ4v) is 4.62. The number of hydrazone groups is 1. The smallest absolute Gasteiger partial charge is 0.271 e. The number of carbonyl (C=O) groups is 2. The van der Waals surface area contributed by atoms with Crippen molar-refractivity contribution in [2.24, 2.45) is 5.10 Å². The molecule has 0 radical (unpaired) electrons. The molecule has 10 heteroatoms. The number of phenols is 1. The van der Waals surface area contributed by atoms with Crippen molar-refractivity contribution in [2.45, 2.75) is 6.54 Å². The molecular formula is C33H25Cl2N3O5. The molecule has 2 amide bonds. The van der Waals surface area contributed by atoms with Gasteiger partial charge < -0.3 is 19.9 Å². The maximum absolute atomic E-state index is 12.7. The van der Waals surface area contributed by atoms with Crippen LogP contribution in [0.1, 0.15) is 21.5 Å². The number of nitrogens with zero attached hydrogens (tertiary/aromatic N) is 1. The number of phenolic OH excluding ortho intramolecular Hbond substituents is 1. The molecule has 0 aliphatic heterocycles. The first-order chi connectivity index (χ1) is 20.9. The van der Waals surface area contributed by atoms with Crippen LogP contribution in [0.15, 0.2) is 108 Å². The van der Waals surface area contributed by atoms with Crippen molar-refractivity contribution < 1.29 is 24.2 Å². The van der Waals surface area contributed by atoms with Crippen LogP contribution >= 0.6 is 23.2 Å². The lowest BCUT2D eigenvalue weighted by Gasteiger charge is -2.14. The van der Waals surface area contributed by atoms with E-state index in [1.54, 1.807) is 30.3 Å². The molecule has 216 valence electrons. The molecule has 0 bridgehead atoms. The second-order valence-electron chi connectivity index (χ2n) is 9.26. The van der Waals surface area contributed by atoms with Crippen molar-refractivity contribution in [1.82, 2.24) is 10.7 Å². The summed E-state index contributed by atoms with van der Waals surface area (Å²) >= 11 is 12.3. The Hall–Kier alpha value is -5.05. The van der Waals surface area contributed by atoms with Gasteiger partial charge in [-0.1, -0.05) is 71.7 Å². The van der Waals surface area contributed by atoms with Gasteiger partial charge in [-0.25, -0.2) is 5.43 Å². The van der Waals surface area contributed by atoms with Crippen molar-refractivity contribution >= 4 is 52.0 Å². The lowest BCUT2D eigenvalue weighted by Crippen LogP contribution is -2.28. The molecule has 3 N–H and O–H groups in total. The first-order valence-corrected chi connectivity index (χ1v) is 13.9. The van der Waals surface area contributed by atoms with Crippen LogP contribution in [0.5, 0.6) is 23.0 Å². The monoisotopic (exact) mass is 613 g/mol. The van der Waals surface area contributed by atoms with Crippen LogP contribution in [0.3, 0.4) is 0 Å². The minimum atomic E-state index is -0.482. The van der Waals surface area contributed by atoms with E-state index >= 15 is 0 Å². The van der Waals surface area contributed by atoms with Crippen LogP contribution in [-0.2, 0) is 11.3 Å². The molecule has 5 rings (SSSR count). The Labute approximate surface area is 257 Å². The van der Waals surface area contributed by atoms with Crippen molar-refractivity contribution in [3.63, 3.8) is 0 Å². The van der Waals surface area contributed by atoms with Gasteiger partial charge in [0.1, 0.15) is 23.0 Å². The van der Waals surface area contributed by atoms with Crippen LogP contribution in [0.4, 0.5) is 0 Å². The highest BCUT2D eigenvalue weighted by molar-refractivity contribution is 6.32. The van der Waals surface area contributed by atoms with Gasteiger partial charge in [0.15, 0.2) is 6.61 Å². The molecule has 0 aromatic heterocycles. The van der Waals surface area contributed by atoms with Gasteiger partial charge in [0.05, 0.1) is 11.2 Å². The second-order valence-corrected chi connectivity index (χ2v) is 10.1. The average Bonchev–Trinajstić information content (AvgIpc) is 3.02. The predicted molar refractivity (Wildman–Crippen MR) is 167 cm³/mol. The lowest BCUT2D eigenvalue weighted by atomic mass is 10.0. The zero-order valence-corrected chi connectivity index (χ0v) is 24.1. The quantitative estimate of drug-likeness (QED) is 0.115. The van der Waals surface area contributed by atoms with E-state index in [1.165, 1.54) is 24.4 Å². The van der Waals surface area contributed by atoms with E-state index in [0.29, 0.717) is 27.8 Å². The van der Waals surface area contributed by atoms with Gasteiger partial charge in [0.25, 0.3) is 11.8 Å². The molecule has 0 saturated carbocycles. The van der Waals surface area contributed by atoms with E-state index in [0.717, 1.165) is 16.3 Å². The Balaban J connectivity index is 1.22. The topological polar surface area (TPSA) is 109 Å². The number of hydrogen-bond donors (Lipinski definition) is 3. The highest BCUT2D eigenvalue weighted by atomic mass is 35.5. The molecule has 0 heterocycles.